The van der Waals surface area contributed by atoms with Crippen molar-refractivity contribution in [3.05, 3.63) is 58.8 Å². The third-order valence-electron chi connectivity index (χ3n) is 5.61. The highest BCUT2D eigenvalue weighted by atomic mass is 32.2. The first-order valence-corrected chi connectivity index (χ1v) is 12.3. The molecule has 0 aliphatic heterocycles. The molecule has 1 saturated carbocycles. The van der Waals surface area contributed by atoms with Crippen LogP contribution in [0.3, 0.4) is 0 Å². The number of carbonyl (C=O) groups is 1. The van der Waals surface area contributed by atoms with E-state index in [9.17, 15) is 18.0 Å². The van der Waals surface area contributed by atoms with Gasteiger partial charge in [0.05, 0.1) is 41.6 Å². The van der Waals surface area contributed by atoms with Crippen LogP contribution in [-0.4, -0.2) is 47.1 Å². The number of carbonyl (C=O) groups excluding carboxylic acids is 1. The summed E-state index contributed by atoms with van der Waals surface area (Å²) in [5.41, 5.74) is 0.671. The fourth-order valence-electron chi connectivity index (χ4n) is 3.72. The van der Waals surface area contributed by atoms with Crippen molar-refractivity contribution in [3.8, 4) is 17.1 Å². The highest BCUT2D eigenvalue weighted by molar-refractivity contribution is 7.90. The van der Waals surface area contributed by atoms with E-state index in [2.05, 4.69) is 0 Å². The van der Waals surface area contributed by atoms with Crippen LogP contribution in [0.5, 0.6) is 5.75 Å². The summed E-state index contributed by atoms with van der Waals surface area (Å²) in [5.74, 6) is 0.176. The molecule has 1 fully saturated rings. The summed E-state index contributed by atoms with van der Waals surface area (Å²) in [6, 6.07) is 12.7. The van der Waals surface area contributed by atoms with Gasteiger partial charge in [0.15, 0.2) is 15.3 Å². The molecule has 1 aliphatic carbocycles. The van der Waals surface area contributed by atoms with Gasteiger partial charge in [0.2, 0.25) is 0 Å². The lowest BCUT2D eigenvalue weighted by molar-refractivity contribution is -0.155. The van der Waals surface area contributed by atoms with Gasteiger partial charge in [0.25, 0.3) is 0 Å². The Bertz CT molecular complexity index is 1340. The second kappa shape index (κ2) is 9.36. The zero-order valence-corrected chi connectivity index (χ0v) is 19.1. The number of rotatable bonds is 8. The molecule has 3 aromatic rings. The van der Waals surface area contributed by atoms with Crippen LogP contribution in [0.15, 0.2) is 62.6 Å². The van der Waals surface area contributed by atoms with Gasteiger partial charge in [-0.15, -0.1) is 0 Å². The van der Waals surface area contributed by atoms with Gasteiger partial charge in [-0.05, 0) is 43.2 Å². The van der Waals surface area contributed by atoms with Crippen LogP contribution >= 0.6 is 0 Å². The molecule has 0 unspecified atom stereocenters. The number of benzene rings is 2. The Balaban J connectivity index is 1.53. The van der Waals surface area contributed by atoms with E-state index in [4.69, 9.17) is 18.6 Å². The van der Waals surface area contributed by atoms with Crippen molar-refractivity contribution in [2.75, 3.05) is 26.6 Å². The average Bonchev–Trinajstić information content (AvgIpc) is 2.76. The van der Waals surface area contributed by atoms with Crippen LogP contribution in [0.4, 0.5) is 0 Å². The van der Waals surface area contributed by atoms with E-state index in [1.54, 1.807) is 30.3 Å². The molecule has 1 aromatic heterocycles. The Labute approximate surface area is 191 Å². The highest BCUT2D eigenvalue weighted by Gasteiger charge is 2.35. The predicted molar refractivity (Wildman–Crippen MR) is 121 cm³/mol. The van der Waals surface area contributed by atoms with E-state index in [1.807, 2.05) is 0 Å². The minimum atomic E-state index is -3.47. The van der Waals surface area contributed by atoms with Gasteiger partial charge >= 0.3 is 5.97 Å². The highest BCUT2D eigenvalue weighted by Crippen LogP contribution is 2.34. The molecule has 8 nitrogen and oxygen atoms in total. The van der Waals surface area contributed by atoms with Crippen LogP contribution in [-0.2, 0) is 24.1 Å². The summed E-state index contributed by atoms with van der Waals surface area (Å²) in [6.07, 6.45) is 2.27. The van der Waals surface area contributed by atoms with Crippen molar-refractivity contribution in [1.82, 2.24) is 0 Å². The molecule has 9 heteroatoms. The zero-order valence-electron chi connectivity index (χ0n) is 18.3. The summed E-state index contributed by atoms with van der Waals surface area (Å²) < 4.78 is 46.3. The first-order chi connectivity index (χ1) is 15.8. The zero-order chi connectivity index (χ0) is 23.6. The van der Waals surface area contributed by atoms with Crippen LogP contribution in [0.1, 0.15) is 12.8 Å². The van der Waals surface area contributed by atoms with Gasteiger partial charge in [-0.1, -0.05) is 12.1 Å². The molecule has 1 aliphatic rings. The number of hydrogen-bond acceptors (Lipinski definition) is 8. The topological polar surface area (TPSA) is 109 Å². The van der Waals surface area contributed by atoms with Crippen LogP contribution in [0.2, 0.25) is 0 Å². The molecular formula is C24H24O8S. The maximum atomic E-state index is 12.5. The Morgan fingerprint density at radius 3 is 2.58 bits per heavy atom. The second-order valence-electron chi connectivity index (χ2n) is 7.93. The largest absolute Gasteiger partial charge is 0.490 e. The number of sulfone groups is 1. The quantitative estimate of drug-likeness (QED) is 0.363. The molecule has 0 spiro atoms. The van der Waals surface area contributed by atoms with E-state index in [-0.39, 0.29) is 53.0 Å². The summed E-state index contributed by atoms with van der Waals surface area (Å²) in [7, 11) is -2.10. The molecule has 174 valence electrons. The normalized spacial score (nSPS) is 18.0. The minimum absolute atomic E-state index is 0.0435. The standard InChI is InChI=1S/C24H24O8S/c1-29-24(26)15-11-16(12-15)30-9-10-31-22-13-17(33(2,27)28)7-8-19(22)23-14-20(25)18-5-3-4-6-21(18)32-23/h3-8,13-16H,9-12H2,1-2H3/t15-,16+. The molecule has 0 amide bonds. The lowest BCUT2D eigenvalue weighted by Crippen LogP contribution is -2.37. The molecule has 33 heavy (non-hydrogen) atoms. The van der Waals surface area contributed by atoms with Gasteiger partial charge in [-0.3, -0.25) is 9.59 Å². The molecule has 0 atom stereocenters. The SMILES string of the molecule is COC(=O)[C@H]1C[C@@H](OCCOc2cc(S(C)(=O)=O)ccc2-c2cc(=O)c3ccccc3o2)C1. The number of esters is 1. The van der Waals surface area contributed by atoms with Crippen LogP contribution in [0.25, 0.3) is 22.3 Å². The van der Waals surface area contributed by atoms with Crippen molar-refractivity contribution >= 4 is 26.8 Å². The van der Waals surface area contributed by atoms with E-state index in [0.717, 1.165) is 6.26 Å². The molecule has 4 rings (SSSR count). The maximum absolute atomic E-state index is 12.5. The van der Waals surface area contributed by atoms with Gasteiger partial charge < -0.3 is 18.6 Å². The van der Waals surface area contributed by atoms with Crippen molar-refractivity contribution in [2.24, 2.45) is 5.92 Å². The summed E-state index contributed by atoms with van der Waals surface area (Å²) in [6.45, 7) is 0.403. The maximum Gasteiger partial charge on any atom is 0.308 e. The van der Waals surface area contributed by atoms with E-state index >= 15 is 0 Å². The lowest BCUT2D eigenvalue weighted by Gasteiger charge is -2.32. The Morgan fingerprint density at radius 1 is 1.09 bits per heavy atom. The van der Waals surface area contributed by atoms with E-state index in [0.29, 0.717) is 29.4 Å². The molecular weight excluding hydrogens is 448 g/mol. The molecule has 1 heterocycles. The van der Waals surface area contributed by atoms with Gasteiger partial charge in [0, 0.05) is 12.3 Å². The Kier molecular flexibility index (Phi) is 6.53. The van der Waals surface area contributed by atoms with Gasteiger partial charge in [-0.2, -0.15) is 0 Å². The number of methoxy groups -OCH3 is 1. The minimum Gasteiger partial charge on any atom is -0.490 e. The monoisotopic (exact) mass is 472 g/mol. The molecule has 0 radical (unpaired) electrons. The van der Waals surface area contributed by atoms with Crippen LogP contribution < -0.4 is 10.2 Å². The molecule has 0 saturated heterocycles. The van der Waals surface area contributed by atoms with Crippen molar-refractivity contribution in [2.45, 2.75) is 23.8 Å². The number of fused-ring (bicyclic) bond motifs is 1. The fraction of sp³-hybridized carbons (Fsp3) is 0.333. The first-order valence-electron chi connectivity index (χ1n) is 10.5. The third-order valence-corrected chi connectivity index (χ3v) is 6.72. The second-order valence-corrected chi connectivity index (χ2v) is 9.95. The molecule has 2 aromatic carbocycles. The molecule has 0 bridgehead atoms. The van der Waals surface area contributed by atoms with E-state index < -0.39 is 9.84 Å². The number of hydrogen-bond donors (Lipinski definition) is 0. The van der Waals surface area contributed by atoms with E-state index in [1.165, 1.54) is 25.3 Å². The van der Waals surface area contributed by atoms with Crippen molar-refractivity contribution in [1.29, 1.82) is 0 Å². The predicted octanol–water partition coefficient (Wildman–Crippen LogP) is 3.21. The van der Waals surface area contributed by atoms with Crippen LogP contribution in [0, 0.1) is 5.92 Å². The number of ether oxygens (including phenoxy) is 3. The van der Waals surface area contributed by atoms with Crippen molar-refractivity contribution < 1.29 is 31.8 Å². The summed E-state index contributed by atoms with van der Waals surface area (Å²) >= 11 is 0. The third kappa shape index (κ3) is 5.09. The first kappa shape index (κ1) is 23.0. The fourth-order valence-corrected chi connectivity index (χ4v) is 4.36. The Hall–Kier alpha value is -3.17. The van der Waals surface area contributed by atoms with Gasteiger partial charge in [0.1, 0.15) is 23.7 Å². The Morgan fingerprint density at radius 2 is 1.85 bits per heavy atom. The summed E-state index contributed by atoms with van der Waals surface area (Å²) in [4.78, 5) is 24.1. The smallest absolute Gasteiger partial charge is 0.308 e. The molecule has 0 N–H and O–H groups in total. The number of para-hydroxylation sites is 1. The summed E-state index contributed by atoms with van der Waals surface area (Å²) in [5, 5.41) is 0.454. The average molecular weight is 473 g/mol. The van der Waals surface area contributed by atoms with Crippen molar-refractivity contribution in [3.63, 3.8) is 0 Å². The van der Waals surface area contributed by atoms with Gasteiger partial charge in [-0.25, -0.2) is 8.42 Å². The lowest BCUT2D eigenvalue weighted by atomic mass is 9.82.